The Kier molecular flexibility index (Phi) is 6.08. The molecule has 0 spiro atoms. The van der Waals surface area contributed by atoms with Gasteiger partial charge in [0.25, 0.3) is 0 Å². The lowest BCUT2D eigenvalue weighted by molar-refractivity contribution is 0.0527. The number of rotatable bonds is 7. The van der Waals surface area contributed by atoms with E-state index in [0.717, 1.165) is 13.0 Å². The maximum absolute atomic E-state index is 11.7. The van der Waals surface area contributed by atoms with Gasteiger partial charge in [0.05, 0.1) is 17.9 Å². The number of carbonyl (C=O) groups is 1. The molecule has 106 valence electrons. The van der Waals surface area contributed by atoms with Gasteiger partial charge in [-0.05, 0) is 19.4 Å². The van der Waals surface area contributed by atoms with Crippen molar-refractivity contribution in [1.29, 1.82) is 0 Å². The van der Waals surface area contributed by atoms with Crippen LogP contribution in [0.25, 0.3) is 0 Å². The fourth-order valence-corrected chi connectivity index (χ4v) is 1.71. The van der Waals surface area contributed by atoms with Gasteiger partial charge in [0.15, 0.2) is 5.82 Å². The number of anilines is 2. The Labute approximate surface area is 113 Å². The number of nitrogen functional groups attached to an aromatic ring is 1. The van der Waals surface area contributed by atoms with Crippen molar-refractivity contribution in [2.45, 2.75) is 13.3 Å². The molecule has 0 atom stereocenters. The molecule has 1 aromatic rings. The number of carbonyl (C=O) groups excluding carboxylic acids is 1. The predicted molar refractivity (Wildman–Crippen MR) is 74.4 cm³/mol. The molecule has 6 heteroatoms. The summed E-state index contributed by atoms with van der Waals surface area (Å²) in [5.74, 6) is 0.163. The summed E-state index contributed by atoms with van der Waals surface area (Å²) in [5, 5.41) is 0. The fraction of sp³-hybridized carbons (Fsp3) is 0.538. The Balaban J connectivity index is 2.84. The van der Waals surface area contributed by atoms with Crippen molar-refractivity contribution in [3.8, 4) is 0 Å². The third-order valence-electron chi connectivity index (χ3n) is 2.67. The third-order valence-corrected chi connectivity index (χ3v) is 2.67. The van der Waals surface area contributed by atoms with Crippen molar-refractivity contribution in [2.24, 2.45) is 0 Å². The molecule has 19 heavy (non-hydrogen) atoms. The molecular formula is C13H21N3O3. The summed E-state index contributed by atoms with van der Waals surface area (Å²) < 4.78 is 9.96. The van der Waals surface area contributed by atoms with Gasteiger partial charge in [-0.2, -0.15) is 0 Å². The molecule has 0 unspecified atom stereocenters. The Hall–Kier alpha value is -1.82. The van der Waals surface area contributed by atoms with Crippen LogP contribution < -0.4 is 10.6 Å². The molecule has 0 saturated heterocycles. The highest BCUT2D eigenvalue weighted by Gasteiger charge is 2.16. The van der Waals surface area contributed by atoms with Crippen molar-refractivity contribution in [1.82, 2.24) is 4.98 Å². The minimum Gasteiger partial charge on any atom is -0.462 e. The van der Waals surface area contributed by atoms with Gasteiger partial charge in [0, 0.05) is 33.5 Å². The van der Waals surface area contributed by atoms with E-state index < -0.39 is 5.97 Å². The van der Waals surface area contributed by atoms with E-state index in [1.807, 2.05) is 11.9 Å². The molecular weight excluding hydrogens is 246 g/mol. The van der Waals surface area contributed by atoms with E-state index in [-0.39, 0.29) is 0 Å². The SMILES string of the molecule is CCOC(=O)c1ccnc(N(C)CCCOC)c1N. The molecule has 0 aliphatic rings. The van der Waals surface area contributed by atoms with Crippen LogP contribution in [-0.2, 0) is 9.47 Å². The first kappa shape index (κ1) is 15.2. The average Bonchev–Trinajstić information content (AvgIpc) is 2.39. The maximum atomic E-state index is 11.7. The lowest BCUT2D eigenvalue weighted by Gasteiger charge is -2.20. The van der Waals surface area contributed by atoms with Gasteiger partial charge in [-0.1, -0.05) is 0 Å². The van der Waals surface area contributed by atoms with Gasteiger partial charge < -0.3 is 20.1 Å². The molecule has 6 nitrogen and oxygen atoms in total. The van der Waals surface area contributed by atoms with Crippen LogP contribution in [-0.4, -0.2) is 44.9 Å². The highest BCUT2D eigenvalue weighted by atomic mass is 16.5. The first-order valence-corrected chi connectivity index (χ1v) is 6.23. The normalized spacial score (nSPS) is 10.3. The Bertz CT molecular complexity index is 424. The Morgan fingerprint density at radius 2 is 2.26 bits per heavy atom. The van der Waals surface area contributed by atoms with Gasteiger partial charge in [0.1, 0.15) is 0 Å². The van der Waals surface area contributed by atoms with Crippen LogP contribution in [0.2, 0.25) is 0 Å². The van der Waals surface area contributed by atoms with Crippen molar-refractivity contribution < 1.29 is 14.3 Å². The number of hydrogen-bond acceptors (Lipinski definition) is 6. The highest BCUT2D eigenvalue weighted by Crippen LogP contribution is 2.23. The maximum Gasteiger partial charge on any atom is 0.340 e. The summed E-state index contributed by atoms with van der Waals surface area (Å²) in [6, 6.07) is 1.57. The monoisotopic (exact) mass is 267 g/mol. The number of nitrogens with two attached hydrogens (primary N) is 1. The molecule has 0 amide bonds. The molecule has 1 rings (SSSR count). The quantitative estimate of drug-likeness (QED) is 0.593. The van der Waals surface area contributed by atoms with E-state index in [2.05, 4.69) is 4.98 Å². The minimum absolute atomic E-state index is 0.319. The smallest absolute Gasteiger partial charge is 0.340 e. The molecule has 0 aliphatic carbocycles. The third kappa shape index (κ3) is 4.10. The lowest BCUT2D eigenvalue weighted by atomic mass is 10.2. The zero-order valence-corrected chi connectivity index (χ0v) is 11.7. The van der Waals surface area contributed by atoms with Crippen molar-refractivity contribution >= 4 is 17.5 Å². The number of ether oxygens (including phenoxy) is 2. The second-order valence-corrected chi connectivity index (χ2v) is 4.08. The Morgan fingerprint density at radius 1 is 1.53 bits per heavy atom. The van der Waals surface area contributed by atoms with E-state index in [1.165, 1.54) is 0 Å². The van der Waals surface area contributed by atoms with Crippen LogP contribution in [0.4, 0.5) is 11.5 Å². The highest BCUT2D eigenvalue weighted by molar-refractivity contribution is 5.97. The second kappa shape index (κ2) is 7.58. The summed E-state index contributed by atoms with van der Waals surface area (Å²) in [4.78, 5) is 17.8. The molecule has 1 heterocycles. The van der Waals surface area contributed by atoms with E-state index >= 15 is 0 Å². The number of hydrogen-bond donors (Lipinski definition) is 1. The molecule has 0 aliphatic heterocycles. The Morgan fingerprint density at radius 3 is 2.89 bits per heavy atom. The minimum atomic E-state index is -0.422. The molecule has 1 aromatic heterocycles. The fourth-order valence-electron chi connectivity index (χ4n) is 1.71. The molecule has 0 bridgehead atoms. The van der Waals surface area contributed by atoms with Crippen molar-refractivity contribution in [3.05, 3.63) is 17.8 Å². The average molecular weight is 267 g/mol. The van der Waals surface area contributed by atoms with Crippen LogP contribution >= 0.6 is 0 Å². The summed E-state index contributed by atoms with van der Waals surface area (Å²) in [7, 11) is 3.54. The second-order valence-electron chi connectivity index (χ2n) is 4.08. The van der Waals surface area contributed by atoms with E-state index in [4.69, 9.17) is 15.2 Å². The zero-order valence-electron chi connectivity index (χ0n) is 11.7. The first-order valence-electron chi connectivity index (χ1n) is 6.23. The number of methoxy groups -OCH3 is 1. The number of aromatic nitrogens is 1. The van der Waals surface area contributed by atoms with Crippen molar-refractivity contribution in [2.75, 3.05) is 44.5 Å². The largest absolute Gasteiger partial charge is 0.462 e. The van der Waals surface area contributed by atoms with Crippen LogP contribution in [0.15, 0.2) is 12.3 Å². The molecule has 2 N–H and O–H groups in total. The van der Waals surface area contributed by atoms with E-state index in [0.29, 0.717) is 30.3 Å². The summed E-state index contributed by atoms with van der Waals surface area (Å²) in [6.07, 6.45) is 2.42. The van der Waals surface area contributed by atoms with Gasteiger partial charge in [0.2, 0.25) is 0 Å². The first-order chi connectivity index (χ1) is 9.11. The summed E-state index contributed by atoms with van der Waals surface area (Å²) >= 11 is 0. The molecule has 0 saturated carbocycles. The van der Waals surface area contributed by atoms with Crippen LogP contribution in [0.1, 0.15) is 23.7 Å². The van der Waals surface area contributed by atoms with Gasteiger partial charge in [-0.3, -0.25) is 0 Å². The van der Waals surface area contributed by atoms with Crippen molar-refractivity contribution in [3.63, 3.8) is 0 Å². The summed E-state index contributed by atoms with van der Waals surface area (Å²) in [5.41, 5.74) is 6.68. The van der Waals surface area contributed by atoms with E-state index in [9.17, 15) is 4.79 Å². The molecule has 0 fully saturated rings. The molecule has 0 aromatic carbocycles. The standard InChI is InChI=1S/C13H21N3O3/c1-4-19-13(17)10-6-7-15-12(11(10)14)16(2)8-5-9-18-3/h6-7H,4-5,8-9,14H2,1-3H3. The zero-order chi connectivity index (χ0) is 14.3. The molecule has 0 radical (unpaired) electrons. The number of esters is 1. The topological polar surface area (TPSA) is 77.7 Å². The van der Waals surface area contributed by atoms with Gasteiger partial charge in [-0.15, -0.1) is 0 Å². The van der Waals surface area contributed by atoms with Crippen LogP contribution in [0.5, 0.6) is 0 Å². The van der Waals surface area contributed by atoms with Gasteiger partial charge >= 0.3 is 5.97 Å². The van der Waals surface area contributed by atoms with Gasteiger partial charge in [-0.25, -0.2) is 9.78 Å². The lowest BCUT2D eigenvalue weighted by Crippen LogP contribution is -2.23. The predicted octanol–water partition coefficient (Wildman–Crippen LogP) is 1.31. The van der Waals surface area contributed by atoms with Crippen LogP contribution in [0, 0.1) is 0 Å². The van der Waals surface area contributed by atoms with Crippen LogP contribution in [0.3, 0.4) is 0 Å². The summed E-state index contributed by atoms with van der Waals surface area (Å²) in [6.45, 7) is 3.49. The van der Waals surface area contributed by atoms with E-state index in [1.54, 1.807) is 26.3 Å². The number of pyridine rings is 1. The number of nitrogens with zero attached hydrogens (tertiary/aromatic N) is 2.